The molecule has 2 aromatic heterocycles. The molecule has 0 saturated carbocycles. The molecule has 9 nitrogen and oxygen atoms in total. The van der Waals surface area contributed by atoms with Crippen LogP contribution in [0.2, 0.25) is 0 Å². The highest BCUT2D eigenvalue weighted by Gasteiger charge is 2.05. The number of oxazole rings is 2. The Balaban J connectivity index is 0.000000166. The highest BCUT2D eigenvalue weighted by atomic mass is 16.4. The van der Waals surface area contributed by atoms with Crippen molar-refractivity contribution in [2.75, 3.05) is 6.67 Å². The van der Waals surface area contributed by atoms with Crippen LogP contribution in [-0.4, -0.2) is 32.7 Å². The van der Waals surface area contributed by atoms with Gasteiger partial charge in [0.2, 0.25) is 11.8 Å². The Labute approximate surface area is 127 Å². The van der Waals surface area contributed by atoms with Crippen LogP contribution in [0.15, 0.2) is 49.0 Å². The zero-order chi connectivity index (χ0) is 16.2. The number of amidine groups is 1. The van der Waals surface area contributed by atoms with Gasteiger partial charge in [0.25, 0.3) is 0 Å². The van der Waals surface area contributed by atoms with Crippen LogP contribution >= 0.6 is 0 Å². The molecule has 0 radical (unpaired) electrons. The van der Waals surface area contributed by atoms with Crippen LogP contribution in [0.4, 0.5) is 0 Å². The van der Waals surface area contributed by atoms with Gasteiger partial charge in [-0.15, -0.1) is 5.11 Å². The van der Waals surface area contributed by atoms with Gasteiger partial charge in [-0.2, -0.15) is 5.11 Å². The lowest BCUT2D eigenvalue weighted by Gasteiger charge is -1.94. The van der Waals surface area contributed by atoms with E-state index >= 15 is 0 Å². The van der Waals surface area contributed by atoms with Crippen molar-refractivity contribution in [2.45, 2.75) is 27.1 Å². The predicted octanol–water partition coefficient (Wildman–Crippen LogP) is 1.80. The molecule has 120 valence electrons. The maximum atomic E-state index is 8.27. The molecule has 3 rings (SSSR count). The lowest BCUT2D eigenvalue weighted by Crippen LogP contribution is -1.99. The number of hydrogen-bond acceptors (Lipinski definition) is 9. The first-order valence-corrected chi connectivity index (χ1v) is 6.57. The van der Waals surface area contributed by atoms with Crippen LogP contribution in [0.5, 0.6) is 0 Å². The van der Waals surface area contributed by atoms with Crippen LogP contribution in [0.1, 0.15) is 25.6 Å². The van der Waals surface area contributed by atoms with Crippen molar-refractivity contribution in [3.05, 3.63) is 36.7 Å². The highest BCUT2D eigenvalue weighted by Crippen LogP contribution is 2.03. The Morgan fingerprint density at radius 3 is 1.77 bits per heavy atom. The average molecular weight is 309 g/mol. The molecular weight excluding hydrogens is 290 g/mol. The standard InChI is InChI=1S/C5H9N3.2C4H5NO2/c1-4(2)5-6-3-7-8-5;2*6-3-4-5-1-2-7-4/h4H,3H2,1-2H3;2*1-2,6H,3H2. The maximum Gasteiger partial charge on any atom is 0.219 e. The lowest BCUT2D eigenvalue weighted by atomic mass is 10.2. The fraction of sp³-hybridized carbons (Fsp3) is 0.462. The van der Waals surface area contributed by atoms with E-state index in [0.717, 1.165) is 5.84 Å². The SMILES string of the molecule is CC(C)C1=NCN=N1.OCc1ncco1.OCc1ncco1. The molecule has 0 saturated heterocycles. The van der Waals surface area contributed by atoms with Gasteiger partial charge in [-0.1, -0.05) is 13.8 Å². The van der Waals surface area contributed by atoms with Crippen molar-refractivity contribution >= 4 is 5.84 Å². The quantitative estimate of drug-likeness (QED) is 0.889. The van der Waals surface area contributed by atoms with Gasteiger partial charge in [0.15, 0.2) is 6.67 Å². The second-order valence-electron chi connectivity index (χ2n) is 4.22. The van der Waals surface area contributed by atoms with E-state index in [2.05, 4.69) is 47.9 Å². The molecule has 0 unspecified atom stereocenters. The van der Waals surface area contributed by atoms with E-state index in [1.807, 2.05) is 0 Å². The molecule has 0 amide bonds. The van der Waals surface area contributed by atoms with Crippen molar-refractivity contribution in [3.8, 4) is 0 Å². The number of aromatic nitrogens is 2. The van der Waals surface area contributed by atoms with Crippen molar-refractivity contribution < 1.29 is 19.0 Å². The first-order chi connectivity index (χ1) is 10.7. The van der Waals surface area contributed by atoms with E-state index in [1.165, 1.54) is 24.9 Å². The van der Waals surface area contributed by atoms with E-state index in [1.54, 1.807) is 0 Å². The first kappa shape index (κ1) is 17.7. The summed E-state index contributed by atoms with van der Waals surface area (Å²) < 4.78 is 9.24. The third kappa shape index (κ3) is 6.86. The van der Waals surface area contributed by atoms with Gasteiger partial charge in [0, 0.05) is 5.92 Å². The average Bonchev–Trinajstić information content (AvgIpc) is 3.31. The Hall–Kier alpha value is -2.39. The lowest BCUT2D eigenvalue weighted by molar-refractivity contribution is 0.240. The maximum absolute atomic E-state index is 8.27. The van der Waals surface area contributed by atoms with Gasteiger partial charge in [-0.05, 0) is 0 Å². The molecule has 1 aliphatic heterocycles. The van der Waals surface area contributed by atoms with Crippen molar-refractivity contribution in [1.82, 2.24) is 9.97 Å². The molecule has 2 N–H and O–H groups in total. The second kappa shape index (κ2) is 10.4. The summed E-state index contributed by atoms with van der Waals surface area (Å²) in [6, 6.07) is 0. The zero-order valence-electron chi connectivity index (χ0n) is 12.5. The fourth-order valence-corrected chi connectivity index (χ4v) is 1.20. The Kier molecular flexibility index (Phi) is 8.31. The van der Waals surface area contributed by atoms with Gasteiger partial charge in [-0.25, -0.2) is 15.0 Å². The topological polar surface area (TPSA) is 130 Å². The third-order valence-corrected chi connectivity index (χ3v) is 2.22. The molecule has 9 heteroatoms. The van der Waals surface area contributed by atoms with Crippen LogP contribution in [0.25, 0.3) is 0 Å². The number of rotatable bonds is 3. The van der Waals surface area contributed by atoms with Gasteiger partial charge in [-0.3, -0.25) is 0 Å². The summed E-state index contributed by atoms with van der Waals surface area (Å²) in [7, 11) is 0. The fourth-order valence-electron chi connectivity index (χ4n) is 1.20. The Morgan fingerprint density at radius 1 is 1.05 bits per heavy atom. The van der Waals surface area contributed by atoms with E-state index in [9.17, 15) is 0 Å². The summed E-state index contributed by atoms with van der Waals surface area (Å²) in [6.07, 6.45) is 5.83. The van der Waals surface area contributed by atoms with E-state index < -0.39 is 0 Å². The summed E-state index contributed by atoms with van der Waals surface area (Å²) in [4.78, 5) is 11.3. The summed E-state index contributed by atoms with van der Waals surface area (Å²) in [5.41, 5.74) is 0. The number of hydrogen-bond donors (Lipinski definition) is 2. The van der Waals surface area contributed by atoms with Crippen molar-refractivity contribution in [1.29, 1.82) is 0 Å². The Bertz CT molecular complexity index is 515. The molecule has 0 aromatic carbocycles. The summed E-state index contributed by atoms with van der Waals surface area (Å²) >= 11 is 0. The van der Waals surface area contributed by atoms with Crippen LogP contribution in [-0.2, 0) is 13.2 Å². The normalized spacial score (nSPS) is 12.3. The first-order valence-electron chi connectivity index (χ1n) is 6.57. The number of aliphatic imine (C=N–C) groups is 1. The molecule has 2 aromatic rings. The second-order valence-corrected chi connectivity index (χ2v) is 4.22. The molecule has 0 fully saturated rings. The number of azo groups is 1. The minimum absolute atomic E-state index is 0.118. The number of nitrogens with zero attached hydrogens (tertiary/aromatic N) is 5. The van der Waals surface area contributed by atoms with E-state index in [-0.39, 0.29) is 13.2 Å². The highest BCUT2D eigenvalue weighted by molar-refractivity contribution is 5.85. The van der Waals surface area contributed by atoms with Gasteiger partial charge in [0.05, 0.1) is 12.4 Å². The van der Waals surface area contributed by atoms with Gasteiger partial charge in [0.1, 0.15) is 31.6 Å². The van der Waals surface area contributed by atoms with E-state index in [0.29, 0.717) is 24.4 Å². The molecule has 22 heavy (non-hydrogen) atoms. The monoisotopic (exact) mass is 309 g/mol. The van der Waals surface area contributed by atoms with Crippen LogP contribution in [0.3, 0.4) is 0 Å². The summed E-state index contributed by atoms with van der Waals surface area (Å²) in [6.45, 7) is 4.42. The molecule has 0 bridgehead atoms. The number of aliphatic hydroxyl groups is 2. The van der Waals surface area contributed by atoms with Crippen LogP contribution in [0, 0.1) is 5.92 Å². The third-order valence-electron chi connectivity index (χ3n) is 2.22. The van der Waals surface area contributed by atoms with E-state index in [4.69, 9.17) is 10.2 Å². The molecule has 3 heterocycles. The largest absolute Gasteiger partial charge is 0.446 e. The Morgan fingerprint density at radius 2 is 1.59 bits per heavy atom. The van der Waals surface area contributed by atoms with Crippen molar-refractivity contribution in [2.24, 2.45) is 21.1 Å². The predicted molar refractivity (Wildman–Crippen MR) is 76.8 cm³/mol. The number of aliphatic hydroxyl groups excluding tert-OH is 2. The molecule has 0 aliphatic carbocycles. The molecule has 0 atom stereocenters. The summed E-state index contributed by atoms with van der Waals surface area (Å²) in [5.74, 6) is 2.03. The van der Waals surface area contributed by atoms with Gasteiger partial charge >= 0.3 is 0 Å². The van der Waals surface area contributed by atoms with Crippen LogP contribution < -0.4 is 0 Å². The van der Waals surface area contributed by atoms with Crippen molar-refractivity contribution in [3.63, 3.8) is 0 Å². The molecule has 0 spiro atoms. The minimum atomic E-state index is -0.118. The summed E-state index contributed by atoms with van der Waals surface area (Å²) in [5, 5.41) is 24.1. The minimum Gasteiger partial charge on any atom is -0.446 e. The molecule has 1 aliphatic rings. The molecular formula is C13H19N5O4. The zero-order valence-corrected chi connectivity index (χ0v) is 12.5. The van der Waals surface area contributed by atoms with Gasteiger partial charge < -0.3 is 19.0 Å². The smallest absolute Gasteiger partial charge is 0.219 e.